The fourth-order valence-corrected chi connectivity index (χ4v) is 15.9. The standard InChI is InChI=1S/C27H45O.ClH.Hg/c1-18(2)7-6-8-19(3)23-11-12-24-22-10-9-20-17-21(28)13-15-26(20,4)25(22)14-16-27(23,24)5;;/h18-19,21-25,28H,6-8,10-17H2,1-5H3;1H;/q;;+1/p-1/t19-,21?,22+,23-,24+,25+,26+,27-;;/m1../s1. The molecule has 0 aromatic heterocycles. The van der Waals surface area contributed by atoms with Crippen molar-refractivity contribution in [2.45, 2.75) is 111 Å². The average Bonchev–Trinajstić information content (AvgIpc) is 3.05. The Bertz CT molecular complexity index is 659. The van der Waals surface area contributed by atoms with Crippen molar-refractivity contribution >= 4 is 8.25 Å². The minimum atomic E-state index is -1.46. The molecule has 1 nitrogen and oxygen atoms in total. The van der Waals surface area contributed by atoms with Crippen LogP contribution in [0.2, 0.25) is 0 Å². The fraction of sp³-hybridized carbons (Fsp3) is 0.926. The second-order valence-electron chi connectivity index (χ2n) is 12.6. The van der Waals surface area contributed by atoms with Crippen LogP contribution in [0.25, 0.3) is 0 Å². The van der Waals surface area contributed by atoms with Crippen molar-refractivity contribution in [2.24, 2.45) is 46.3 Å². The Hall–Kier alpha value is 0.925. The van der Waals surface area contributed by atoms with Crippen molar-refractivity contribution in [3.63, 3.8) is 0 Å². The van der Waals surface area contributed by atoms with Gasteiger partial charge in [-0.3, -0.25) is 0 Å². The third-order valence-corrected chi connectivity index (χ3v) is 17.5. The quantitative estimate of drug-likeness (QED) is 0.299. The number of hydrogen-bond acceptors (Lipinski definition) is 1. The molecule has 30 heavy (non-hydrogen) atoms. The van der Waals surface area contributed by atoms with Gasteiger partial charge in [-0.1, -0.05) is 0 Å². The van der Waals surface area contributed by atoms with Crippen molar-refractivity contribution in [3.8, 4) is 0 Å². The van der Waals surface area contributed by atoms with E-state index >= 15 is 0 Å². The van der Waals surface area contributed by atoms with Crippen LogP contribution in [0.1, 0.15) is 105 Å². The van der Waals surface area contributed by atoms with Gasteiger partial charge in [-0.15, -0.1) is 0 Å². The van der Waals surface area contributed by atoms with Crippen molar-refractivity contribution in [1.29, 1.82) is 0 Å². The van der Waals surface area contributed by atoms with E-state index in [-0.39, 0.29) is 6.10 Å². The number of aliphatic hydroxyl groups is 1. The molecular weight excluding hydrogens is 576 g/mol. The second-order valence-corrected chi connectivity index (χ2v) is 19.3. The van der Waals surface area contributed by atoms with Crippen LogP contribution in [0.4, 0.5) is 0 Å². The van der Waals surface area contributed by atoms with Crippen molar-refractivity contribution < 1.29 is 28.4 Å². The summed E-state index contributed by atoms with van der Waals surface area (Å²) in [4.78, 5) is 0. The van der Waals surface area contributed by atoms with Gasteiger partial charge in [0.1, 0.15) is 0 Å². The van der Waals surface area contributed by atoms with Gasteiger partial charge in [-0.2, -0.15) is 0 Å². The summed E-state index contributed by atoms with van der Waals surface area (Å²) < 4.78 is 1.73. The molecule has 0 bridgehead atoms. The molecule has 3 saturated carbocycles. The molecule has 0 heterocycles. The van der Waals surface area contributed by atoms with E-state index in [0.29, 0.717) is 10.8 Å². The summed E-state index contributed by atoms with van der Waals surface area (Å²) in [6.45, 7) is 12.6. The Morgan fingerprint density at radius 3 is 2.47 bits per heavy atom. The average molecular weight is 622 g/mol. The molecule has 8 atom stereocenters. The van der Waals surface area contributed by atoms with Gasteiger partial charge in [0.15, 0.2) is 0 Å². The predicted molar refractivity (Wildman–Crippen MR) is 124 cm³/mol. The normalized spacial score (nSPS) is 44.3. The van der Waals surface area contributed by atoms with Crippen molar-refractivity contribution in [1.82, 2.24) is 0 Å². The van der Waals surface area contributed by atoms with Gasteiger partial charge in [0, 0.05) is 0 Å². The number of aliphatic hydroxyl groups excluding tert-OH is 1. The summed E-state index contributed by atoms with van der Waals surface area (Å²) in [6.07, 6.45) is 14.4. The summed E-state index contributed by atoms with van der Waals surface area (Å²) in [5.74, 6) is 5.33. The molecule has 0 saturated heterocycles. The zero-order valence-electron chi connectivity index (χ0n) is 20.4. The first-order valence-corrected chi connectivity index (χ1v) is 22.7. The molecule has 0 spiro atoms. The Balaban J connectivity index is 1.55. The number of hydrogen-bond donors (Lipinski definition) is 1. The molecule has 0 aliphatic heterocycles. The predicted octanol–water partition coefficient (Wildman–Crippen LogP) is 7.95. The Morgan fingerprint density at radius 1 is 1.00 bits per heavy atom. The molecule has 1 unspecified atom stereocenters. The van der Waals surface area contributed by atoms with E-state index in [1.165, 1.54) is 57.8 Å². The number of allylic oxidation sites excluding steroid dienone is 1. The van der Waals surface area contributed by atoms with Gasteiger partial charge in [-0.25, -0.2) is 0 Å². The second kappa shape index (κ2) is 9.29. The van der Waals surface area contributed by atoms with Crippen LogP contribution < -0.4 is 0 Å². The molecule has 0 radical (unpaired) electrons. The van der Waals surface area contributed by atoms with Gasteiger partial charge in [-0.05, 0) is 0 Å². The van der Waals surface area contributed by atoms with Crippen LogP contribution in [0.15, 0.2) is 8.65 Å². The first-order chi connectivity index (χ1) is 14.2. The van der Waals surface area contributed by atoms with E-state index in [1.54, 1.807) is 8.65 Å². The molecule has 4 aliphatic rings. The van der Waals surface area contributed by atoms with Crippen LogP contribution in [0, 0.1) is 46.3 Å². The molecule has 1 N–H and O–H groups in total. The van der Waals surface area contributed by atoms with Gasteiger partial charge in [0.05, 0.1) is 0 Å². The zero-order valence-corrected chi connectivity index (χ0v) is 26.6. The van der Waals surface area contributed by atoms with E-state index in [0.717, 1.165) is 48.3 Å². The monoisotopic (exact) mass is 622 g/mol. The molecule has 3 heteroatoms. The molecule has 0 amide bonds. The third-order valence-electron chi connectivity index (χ3n) is 10.7. The first kappa shape index (κ1) is 24.1. The molecule has 4 aliphatic carbocycles. The van der Waals surface area contributed by atoms with Crippen LogP contribution in [0.3, 0.4) is 0 Å². The van der Waals surface area contributed by atoms with E-state index in [1.807, 2.05) is 0 Å². The van der Waals surface area contributed by atoms with Crippen molar-refractivity contribution in [3.05, 3.63) is 8.65 Å². The topological polar surface area (TPSA) is 20.2 Å². The number of halogens is 1. The Labute approximate surface area is 202 Å². The Morgan fingerprint density at radius 2 is 1.77 bits per heavy atom. The van der Waals surface area contributed by atoms with Gasteiger partial charge < -0.3 is 0 Å². The molecule has 0 aromatic carbocycles. The molecule has 4 rings (SSSR count). The van der Waals surface area contributed by atoms with Crippen molar-refractivity contribution in [2.75, 3.05) is 0 Å². The summed E-state index contributed by atoms with van der Waals surface area (Å²) in [7, 11) is 6.76. The van der Waals surface area contributed by atoms with Crippen LogP contribution >= 0.6 is 8.25 Å². The van der Waals surface area contributed by atoms with Crippen LogP contribution in [-0.2, 0) is 23.3 Å². The fourth-order valence-electron chi connectivity index (χ4n) is 9.08. The van der Waals surface area contributed by atoms with E-state index in [4.69, 9.17) is 8.25 Å². The summed E-state index contributed by atoms with van der Waals surface area (Å²) >= 11 is -1.46. The SMILES string of the molecule is CC(C)CCC[C@@H](C)[C@H]1CC[C@H]2[C@@H]3C[C]([Hg][Cl])=C4CC(O)CC[C@]4(C)[C@H]3CC[C@]12C. The molecule has 168 valence electrons. The summed E-state index contributed by atoms with van der Waals surface area (Å²) in [6, 6.07) is 0. The van der Waals surface area contributed by atoms with Gasteiger partial charge >= 0.3 is 203 Å². The molecular formula is C27H45ClHgO. The van der Waals surface area contributed by atoms with E-state index in [9.17, 15) is 5.11 Å². The third kappa shape index (κ3) is 4.13. The Kier molecular flexibility index (Phi) is 7.45. The molecule has 3 fully saturated rings. The summed E-state index contributed by atoms with van der Waals surface area (Å²) in [5.41, 5.74) is 2.59. The van der Waals surface area contributed by atoms with Crippen LogP contribution in [-0.4, -0.2) is 11.2 Å². The van der Waals surface area contributed by atoms with E-state index < -0.39 is 23.3 Å². The summed E-state index contributed by atoms with van der Waals surface area (Å²) in [5, 5.41) is 10.4. The number of fused-ring (bicyclic) bond motifs is 5. The molecule has 0 aromatic rings. The first-order valence-electron chi connectivity index (χ1n) is 13.2. The minimum absolute atomic E-state index is 0.104. The van der Waals surface area contributed by atoms with E-state index in [2.05, 4.69) is 34.6 Å². The maximum absolute atomic E-state index is 10.4. The van der Waals surface area contributed by atoms with Crippen LogP contribution in [0.5, 0.6) is 0 Å². The van der Waals surface area contributed by atoms with Gasteiger partial charge in [0.2, 0.25) is 0 Å². The zero-order chi connectivity index (χ0) is 21.7. The maximum atomic E-state index is 10.4. The van der Waals surface area contributed by atoms with Gasteiger partial charge in [0.25, 0.3) is 0 Å². The number of rotatable bonds is 6.